The molecule has 0 aliphatic carbocycles. The van der Waals surface area contributed by atoms with Crippen molar-refractivity contribution >= 4 is 6.47 Å². The fourth-order valence-electron chi connectivity index (χ4n) is 3.58. The molecule has 3 heterocycles. The number of ether oxygens (including phenoxy) is 1. The van der Waals surface area contributed by atoms with Crippen LogP contribution in [0.15, 0.2) is 24.3 Å². The van der Waals surface area contributed by atoms with E-state index in [0.29, 0.717) is 0 Å². The molecule has 0 bridgehead atoms. The first-order valence-electron chi connectivity index (χ1n) is 9.17. The highest BCUT2D eigenvalue weighted by Gasteiger charge is 2.18. The second-order valence-corrected chi connectivity index (χ2v) is 6.55. The highest BCUT2D eigenvalue weighted by molar-refractivity contribution is 5.32. The lowest BCUT2D eigenvalue weighted by Crippen LogP contribution is -2.37. The number of hydrogen-bond acceptors (Lipinski definition) is 5. The number of carbonyl (C=O) groups is 1. The molecule has 1 N–H and O–H groups in total. The summed E-state index contributed by atoms with van der Waals surface area (Å²) < 4.78 is 7.74. The van der Waals surface area contributed by atoms with Gasteiger partial charge >= 0.3 is 0 Å². The van der Waals surface area contributed by atoms with Crippen LogP contribution >= 0.6 is 0 Å². The van der Waals surface area contributed by atoms with Crippen LogP contribution in [-0.4, -0.2) is 64.1 Å². The van der Waals surface area contributed by atoms with Crippen LogP contribution in [0.3, 0.4) is 0 Å². The summed E-state index contributed by atoms with van der Waals surface area (Å²) in [6.07, 6.45) is 4.21. The highest BCUT2D eigenvalue weighted by atomic mass is 16.5. The van der Waals surface area contributed by atoms with Crippen molar-refractivity contribution in [2.45, 2.75) is 32.2 Å². The third kappa shape index (κ3) is 4.68. The Hall–Kier alpha value is -2.25. The minimum atomic E-state index is -0.250. The van der Waals surface area contributed by atoms with Crippen molar-refractivity contribution in [2.75, 3.05) is 32.8 Å². The van der Waals surface area contributed by atoms with Gasteiger partial charge in [0.25, 0.3) is 6.47 Å². The summed E-state index contributed by atoms with van der Waals surface area (Å²) in [5, 5.41) is 15.8. The Morgan fingerprint density at radius 1 is 1.12 bits per heavy atom. The molecule has 1 aromatic heterocycles. The number of aryl methyl sites for hydroxylation is 3. The van der Waals surface area contributed by atoms with Crippen LogP contribution in [0, 0.1) is 0 Å². The Labute approximate surface area is 153 Å². The molecule has 140 valence electrons. The van der Waals surface area contributed by atoms with Crippen molar-refractivity contribution in [1.29, 1.82) is 0 Å². The minimum Gasteiger partial charge on any atom is -0.483 e. The number of hydrogen-bond donors (Lipinski definition) is 1. The molecule has 1 aromatic carbocycles. The van der Waals surface area contributed by atoms with Gasteiger partial charge in [0.15, 0.2) is 0 Å². The molecule has 1 fully saturated rings. The molecule has 0 unspecified atom stereocenters. The van der Waals surface area contributed by atoms with Crippen molar-refractivity contribution in [2.24, 2.45) is 0 Å². The van der Waals surface area contributed by atoms with Crippen molar-refractivity contribution < 1.29 is 14.6 Å². The summed E-state index contributed by atoms with van der Waals surface area (Å²) in [4.78, 5) is 10.8. The molecular formula is C19H26N4O3. The number of carboxylic acid groups (broad SMARTS) is 1. The summed E-state index contributed by atoms with van der Waals surface area (Å²) in [5.74, 6) is 2.28. The van der Waals surface area contributed by atoms with Gasteiger partial charge in [-0.1, -0.05) is 24.3 Å². The molecule has 0 amide bonds. The largest absolute Gasteiger partial charge is 0.483 e. The van der Waals surface area contributed by atoms with Crippen LogP contribution in [0.2, 0.25) is 0 Å². The Morgan fingerprint density at radius 2 is 1.85 bits per heavy atom. The van der Waals surface area contributed by atoms with E-state index in [1.54, 1.807) is 0 Å². The molecule has 2 aromatic rings. The van der Waals surface area contributed by atoms with Gasteiger partial charge in [-0.05, 0) is 30.5 Å². The van der Waals surface area contributed by atoms with E-state index in [1.165, 1.54) is 11.1 Å². The van der Waals surface area contributed by atoms with E-state index in [9.17, 15) is 0 Å². The van der Waals surface area contributed by atoms with Gasteiger partial charge in [-0.2, -0.15) is 0 Å². The predicted molar refractivity (Wildman–Crippen MR) is 97.2 cm³/mol. The summed E-state index contributed by atoms with van der Waals surface area (Å²) in [6.45, 7) is 5.67. The van der Waals surface area contributed by atoms with Crippen molar-refractivity contribution in [3.05, 3.63) is 47.0 Å². The molecule has 0 atom stereocenters. The molecule has 26 heavy (non-hydrogen) atoms. The van der Waals surface area contributed by atoms with Crippen molar-refractivity contribution in [3.63, 3.8) is 0 Å². The topological polar surface area (TPSA) is 80.5 Å². The van der Waals surface area contributed by atoms with E-state index in [0.717, 1.165) is 76.7 Å². The van der Waals surface area contributed by atoms with E-state index in [4.69, 9.17) is 14.6 Å². The van der Waals surface area contributed by atoms with Crippen LogP contribution in [0.1, 0.15) is 29.2 Å². The number of nitrogens with zero attached hydrogens (tertiary/aromatic N) is 4. The summed E-state index contributed by atoms with van der Waals surface area (Å²) in [7, 11) is 0. The fraction of sp³-hybridized carbons (Fsp3) is 0.526. The van der Waals surface area contributed by atoms with Crippen LogP contribution in [0.5, 0.6) is 0 Å². The maximum Gasteiger partial charge on any atom is 0.290 e. The molecule has 4 rings (SSSR count). The Morgan fingerprint density at radius 3 is 2.62 bits per heavy atom. The Bertz CT molecular complexity index is 711. The van der Waals surface area contributed by atoms with Gasteiger partial charge in [-0.15, -0.1) is 10.2 Å². The zero-order chi connectivity index (χ0) is 18.2. The average molecular weight is 358 g/mol. The summed E-state index contributed by atoms with van der Waals surface area (Å²) >= 11 is 0. The molecule has 0 spiro atoms. The molecular weight excluding hydrogens is 332 g/mol. The average Bonchev–Trinajstić information content (AvgIpc) is 2.94. The Balaban J connectivity index is 0.000000613. The van der Waals surface area contributed by atoms with Crippen LogP contribution in [-0.2, 0) is 35.3 Å². The quantitative estimate of drug-likeness (QED) is 0.832. The highest BCUT2D eigenvalue weighted by Crippen LogP contribution is 2.20. The fourth-order valence-corrected chi connectivity index (χ4v) is 3.58. The van der Waals surface area contributed by atoms with Gasteiger partial charge in [-0.3, -0.25) is 9.69 Å². The minimum absolute atomic E-state index is 0.250. The Kier molecular flexibility index (Phi) is 6.74. The van der Waals surface area contributed by atoms with Gasteiger partial charge in [0, 0.05) is 25.9 Å². The SMILES string of the molecule is O=CO.c1ccc2c(c1)CCc1nnc(CCCN3CCOCC3)n1C2. The smallest absolute Gasteiger partial charge is 0.290 e. The first kappa shape index (κ1) is 18.5. The monoisotopic (exact) mass is 358 g/mol. The molecule has 0 saturated carbocycles. The zero-order valence-electron chi connectivity index (χ0n) is 15.0. The third-order valence-corrected chi connectivity index (χ3v) is 4.95. The molecule has 7 heteroatoms. The lowest BCUT2D eigenvalue weighted by atomic mass is 10.0. The van der Waals surface area contributed by atoms with Crippen molar-refractivity contribution in [1.82, 2.24) is 19.7 Å². The number of aromatic nitrogens is 3. The van der Waals surface area contributed by atoms with E-state index in [2.05, 4.69) is 43.9 Å². The van der Waals surface area contributed by atoms with Crippen LogP contribution < -0.4 is 0 Å². The van der Waals surface area contributed by atoms with Gasteiger partial charge in [0.2, 0.25) is 0 Å². The third-order valence-electron chi connectivity index (χ3n) is 4.95. The molecule has 2 aliphatic heterocycles. The van der Waals surface area contributed by atoms with E-state index < -0.39 is 0 Å². The summed E-state index contributed by atoms with van der Waals surface area (Å²) in [5.41, 5.74) is 2.87. The zero-order valence-corrected chi connectivity index (χ0v) is 15.0. The van der Waals surface area contributed by atoms with Gasteiger partial charge < -0.3 is 14.4 Å². The second kappa shape index (κ2) is 9.45. The number of fused-ring (bicyclic) bond motifs is 2. The lowest BCUT2D eigenvalue weighted by molar-refractivity contribution is -0.122. The second-order valence-electron chi connectivity index (χ2n) is 6.55. The molecule has 0 radical (unpaired) electrons. The van der Waals surface area contributed by atoms with Gasteiger partial charge in [-0.25, -0.2) is 0 Å². The van der Waals surface area contributed by atoms with Crippen LogP contribution in [0.25, 0.3) is 0 Å². The van der Waals surface area contributed by atoms with Gasteiger partial charge in [0.05, 0.1) is 19.8 Å². The maximum absolute atomic E-state index is 8.36. The number of rotatable bonds is 4. The van der Waals surface area contributed by atoms with Crippen LogP contribution in [0.4, 0.5) is 0 Å². The van der Waals surface area contributed by atoms with E-state index >= 15 is 0 Å². The van der Waals surface area contributed by atoms with Crippen molar-refractivity contribution in [3.8, 4) is 0 Å². The maximum atomic E-state index is 8.36. The molecule has 1 saturated heterocycles. The predicted octanol–water partition coefficient (Wildman–Crippen LogP) is 1.39. The first-order chi connectivity index (χ1) is 12.8. The lowest BCUT2D eigenvalue weighted by Gasteiger charge is -2.26. The standard InChI is InChI=1S/C18H24N4O.CH2O2/c1-2-5-16-14-22-17(6-3-9-21-10-12-23-13-11-21)19-20-18(22)8-7-15(16)4-1;2-1-3/h1-2,4-5H,3,6-14H2;1H,(H,2,3). The summed E-state index contributed by atoms with van der Waals surface area (Å²) in [6, 6.07) is 8.75. The number of benzene rings is 1. The van der Waals surface area contributed by atoms with Gasteiger partial charge in [0.1, 0.15) is 11.6 Å². The molecule has 7 nitrogen and oxygen atoms in total. The first-order valence-corrected chi connectivity index (χ1v) is 9.17. The van der Waals surface area contributed by atoms with E-state index in [1.807, 2.05) is 0 Å². The normalized spacial score (nSPS) is 16.6. The van der Waals surface area contributed by atoms with E-state index in [-0.39, 0.29) is 6.47 Å². The molecule has 2 aliphatic rings. The number of morpholine rings is 1.